The van der Waals surface area contributed by atoms with Crippen LogP contribution in [0.3, 0.4) is 0 Å². The van der Waals surface area contributed by atoms with Gasteiger partial charge >= 0.3 is 0 Å². The molecule has 3 rings (SSSR count). The summed E-state index contributed by atoms with van der Waals surface area (Å²) in [5, 5.41) is 8.17. The van der Waals surface area contributed by atoms with Crippen molar-refractivity contribution in [3.63, 3.8) is 0 Å². The normalized spacial score (nSPS) is 14.2. The van der Waals surface area contributed by atoms with E-state index in [1.54, 1.807) is 23.2 Å². The third-order valence-corrected chi connectivity index (χ3v) is 5.02. The summed E-state index contributed by atoms with van der Waals surface area (Å²) in [5.74, 6) is 0.0324. The fraction of sp³-hybridized carbons (Fsp3) is 0.333. The SMILES string of the molecule is CC(=O)N1CCc2cc(N[C@@H](C)C(=O)NCc3cccs3)ccc21. The van der Waals surface area contributed by atoms with E-state index in [1.165, 1.54) is 0 Å². The monoisotopic (exact) mass is 343 g/mol. The molecule has 24 heavy (non-hydrogen) atoms. The number of hydrogen-bond donors (Lipinski definition) is 2. The lowest BCUT2D eigenvalue weighted by molar-refractivity contribution is -0.121. The van der Waals surface area contributed by atoms with Crippen LogP contribution in [-0.4, -0.2) is 24.4 Å². The van der Waals surface area contributed by atoms with Crippen LogP contribution in [0.2, 0.25) is 0 Å². The number of nitrogens with one attached hydrogen (secondary N) is 2. The van der Waals surface area contributed by atoms with Crippen molar-refractivity contribution in [3.8, 4) is 0 Å². The maximum Gasteiger partial charge on any atom is 0.242 e. The molecule has 1 aromatic carbocycles. The summed E-state index contributed by atoms with van der Waals surface area (Å²) < 4.78 is 0. The van der Waals surface area contributed by atoms with Crippen molar-refractivity contribution in [3.05, 3.63) is 46.2 Å². The van der Waals surface area contributed by atoms with Crippen molar-refractivity contribution >= 4 is 34.5 Å². The Labute approximate surface area is 145 Å². The predicted octanol–water partition coefficient (Wildman–Crippen LogP) is 2.77. The van der Waals surface area contributed by atoms with Gasteiger partial charge in [-0.15, -0.1) is 11.3 Å². The first-order chi connectivity index (χ1) is 11.5. The molecule has 2 amide bonds. The van der Waals surface area contributed by atoms with Crippen LogP contribution >= 0.6 is 11.3 Å². The Morgan fingerprint density at radius 1 is 1.33 bits per heavy atom. The van der Waals surface area contributed by atoms with Crippen LogP contribution < -0.4 is 15.5 Å². The van der Waals surface area contributed by atoms with Crippen LogP contribution in [0.25, 0.3) is 0 Å². The molecule has 0 aliphatic carbocycles. The van der Waals surface area contributed by atoms with E-state index in [2.05, 4.69) is 10.6 Å². The number of benzene rings is 1. The number of fused-ring (bicyclic) bond motifs is 1. The van der Waals surface area contributed by atoms with Crippen molar-refractivity contribution < 1.29 is 9.59 Å². The average molecular weight is 343 g/mol. The van der Waals surface area contributed by atoms with Crippen LogP contribution in [0.1, 0.15) is 24.3 Å². The number of hydrogen-bond acceptors (Lipinski definition) is 4. The molecule has 1 atom stereocenters. The lowest BCUT2D eigenvalue weighted by Crippen LogP contribution is -2.37. The number of amides is 2. The van der Waals surface area contributed by atoms with E-state index in [-0.39, 0.29) is 17.9 Å². The van der Waals surface area contributed by atoms with E-state index in [0.29, 0.717) is 6.54 Å². The summed E-state index contributed by atoms with van der Waals surface area (Å²) >= 11 is 1.63. The predicted molar refractivity (Wildman–Crippen MR) is 97.4 cm³/mol. The minimum Gasteiger partial charge on any atom is -0.374 e. The molecular weight excluding hydrogens is 322 g/mol. The second-order valence-electron chi connectivity index (χ2n) is 5.93. The Balaban J connectivity index is 1.59. The average Bonchev–Trinajstić information content (AvgIpc) is 3.21. The first kappa shape index (κ1) is 16.5. The van der Waals surface area contributed by atoms with Gasteiger partial charge in [0.1, 0.15) is 6.04 Å². The zero-order valence-electron chi connectivity index (χ0n) is 13.8. The van der Waals surface area contributed by atoms with Gasteiger partial charge in [0.2, 0.25) is 11.8 Å². The number of thiophene rings is 1. The van der Waals surface area contributed by atoms with E-state index in [9.17, 15) is 9.59 Å². The molecule has 126 valence electrons. The Kier molecular flexibility index (Phi) is 4.85. The van der Waals surface area contributed by atoms with Gasteiger partial charge in [-0.05, 0) is 48.6 Å². The Bertz CT molecular complexity index is 743. The molecule has 1 aliphatic heterocycles. The van der Waals surface area contributed by atoms with Gasteiger partial charge in [0.25, 0.3) is 0 Å². The van der Waals surface area contributed by atoms with Gasteiger partial charge in [0.05, 0.1) is 6.54 Å². The molecule has 0 saturated carbocycles. The lowest BCUT2D eigenvalue weighted by Gasteiger charge is -2.17. The van der Waals surface area contributed by atoms with Crippen LogP contribution in [0, 0.1) is 0 Å². The standard InChI is InChI=1S/C18H21N3O2S/c1-12(18(23)19-11-16-4-3-9-24-16)20-15-5-6-17-14(10-15)7-8-21(17)13(2)22/h3-6,9-10,12,20H,7-8,11H2,1-2H3,(H,19,23)/t12-/m0/s1. The van der Waals surface area contributed by atoms with E-state index in [1.807, 2.05) is 42.6 Å². The fourth-order valence-electron chi connectivity index (χ4n) is 2.87. The molecule has 2 heterocycles. The van der Waals surface area contributed by atoms with Crippen molar-refractivity contribution in [1.29, 1.82) is 0 Å². The molecule has 1 aliphatic rings. The summed E-state index contributed by atoms with van der Waals surface area (Å²) in [7, 11) is 0. The van der Waals surface area contributed by atoms with Gasteiger partial charge in [0, 0.05) is 29.7 Å². The van der Waals surface area contributed by atoms with E-state index >= 15 is 0 Å². The second kappa shape index (κ2) is 7.05. The molecule has 0 saturated heterocycles. The van der Waals surface area contributed by atoms with E-state index < -0.39 is 0 Å². The van der Waals surface area contributed by atoms with Crippen LogP contribution in [0.5, 0.6) is 0 Å². The minimum absolute atomic E-state index is 0.0331. The molecular formula is C18H21N3O2S. The highest BCUT2D eigenvalue weighted by Crippen LogP contribution is 2.30. The highest BCUT2D eigenvalue weighted by atomic mass is 32.1. The Morgan fingerprint density at radius 2 is 2.17 bits per heavy atom. The fourth-order valence-corrected chi connectivity index (χ4v) is 3.52. The third-order valence-electron chi connectivity index (χ3n) is 4.15. The molecule has 2 aromatic rings. The molecule has 0 fully saturated rings. The van der Waals surface area contributed by atoms with Gasteiger partial charge in [0.15, 0.2) is 0 Å². The number of carbonyl (C=O) groups is 2. The highest BCUT2D eigenvalue weighted by Gasteiger charge is 2.22. The van der Waals surface area contributed by atoms with Gasteiger partial charge in [-0.2, -0.15) is 0 Å². The van der Waals surface area contributed by atoms with Crippen molar-refractivity contribution in [2.45, 2.75) is 32.9 Å². The highest BCUT2D eigenvalue weighted by molar-refractivity contribution is 7.09. The number of anilines is 2. The summed E-state index contributed by atoms with van der Waals surface area (Å²) in [6.45, 7) is 4.71. The molecule has 0 bridgehead atoms. The van der Waals surface area contributed by atoms with Crippen LogP contribution in [0.4, 0.5) is 11.4 Å². The molecule has 6 heteroatoms. The topological polar surface area (TPSA) is 61.4 Å². The maximum atomic E-state index is 12.2. The lowest BCUT2D eigenvalue weighted by atomic mass is 10.1. The molecule has 2 N–H and O–H groups in total. The summed E-state index contributed by atoms with van der Waals surface area (Å²) in [6, 6.07) is 9.55. The van der Waals surface area contributed by atoms with Gasteiger partial charge in [-0.1, -0.05) is 6.07 Å². The number of nitrogens with zero attached hydrogens (tertiary/aromatic N) is 1. The van der Waals surface area contributed by atoms with Crippen LogP contribution in [-0.2, 0) is 22.6 Å². The van der Waals surface area contributed by atoms with E-state index in [0.717, 1.165) is 34.8 Å². The Morgan fingerprint density at radius 3 is 2.88 bits per heavy atom. The number of carbonyl (C=O) groups excluding carboxylic acids is 2. The van der Waals surface area contributed by atoms with Gasteiger partial charge < -0.3 is 15.5 Å². The summed E-state index contributed by atoms with van der Waals surface area (Å²) in [4.78, 5) is 26.7. The molecule has 0 radical (unpaired) electrons. The zero-order chi connectivity index (χ0) is 17.1. The first-order valence-corrected chi connectivity index (χ1v) is 8.90. The Hall–Kier alpha value is -2.34. The smallest absolute Gasteiger partial charge is 0.242 e. The molecule has 5 nitrogen and oxygen atoms in total. The molecule has 0 spiro atoms. The molecule has 1 aromatic heterocycles. The molecule has 0 unspecified atom stereocenters. The van der Waals surface area contributed by atoms with Crippen molar-refractivity contribution in [2.24, 2.45) is 0 Å². The van der Waals surface area contributed by atoms with Crippen molar-refractivity contribution in [1.82, 2.24) is 5.32 Å². The summed E-state index contributed by atoms with van der Waals surface area (Å²) in [6.07, 6.45) is 0.851. The summed E-state index contributed by atoms with van der Waals surface area (Å²) in [5.41, 5.74) is 3.02. The van der Waals surface area contributed by atoms with E-state index in [4.69, 9.17) is 0 Å². The maximum absolute atomic E-state index is 12.2. The third kappa shape index (κ3) is 3.59. The van der Waals surface area contributed by atoms with Crippen LogP contribution in [0.15, 0.2) is 35.7 Å². The second-order valence-corrected chi connectivity index (χ2v) is 6.96. The quantitative estimate of drug-likeness (QED) is 0.877. The largest absolute Gasteiger partial charge is 0.374 e. The van der Waals surface area contributed by atoms with Crippen molar-refractivity contribution in [2.75, 3.05) is 16.8 Å². The van der Waals surface area contributed by atoms with Gasteiger partial charge in [-0.25, -0.2) is 0 Å². The minimum atomic E-state index is -0.326. The zero-order valence-corrected chi connectivity index (χ0v) is 14.7. The number of rotatable bonds is 5. The van der Waals surface area contributed by atoms with Gasteiger partial charge in [-0.3, -0.25) is 9.59 Å². The first-order valence-electron chi connectivity index (χ1n) is 8.02.